The van der Waals surface area contributed by atoms with E-state index in [2.05, 4.69) is 5.32 Å². The summed E-state index contributed by atoms with van der Waals surface area (Å²) in [6.45, 7) is 7.49. The Kier molecular flexibility index (Phi) is 6.95. The van der Waals surface area contributed by atoms with Gasteiger partial charge in [0.15, 0.2) is 6.10 Å². The molecule has 7 heteroatoms. The number of quaternary nitrogens is 1. The van der Waals surface area contributed by atoms with Gasteiger partial charge in [-0.05, 0) is 43.7 Å². The summed E-state index contributed by atoms with van der Waals surface area (Å²) in [4.78, 5) is 26.0. The molecule has 2 aromatic carbocycles. The van der Waals surface area contributed by atoms with E-state index in [0.717, 1.165) is 38.4 Å². The number of carbonyl (C=O) groups is 2. The molecule has 0 unspecified atom stereocenters. The van der Waals surface area contributed by atoms with Gasteiger partial charge >= 0.3 is 5.97 Å². The van der Waals surface area contributed by atoms with Crippen LogP contribution in [0.15, 0.2) is 42.5 Å². The van der Waals surface area contributed by atoms with Crippen LogP contribution in [0, 0.1) is 12.7 Å². The van der Waals surface area contributed by atoms with E-state index >= 15 is 0 Å². The number of benzene rings is 2. The number of nitrogens with one attached hydrogen (secondary N) is 2. The molecule has 1 atom stereocenters. The molecule has 0 spiro atoms. The minimum Gasteiger partial charge on any atom is -0.449 e. The zero-order chi connectivity index (χ0) is 20.8. The van der Waals surface area contributed by atoms with Crippen LogP contribution in [0.1, 0.15) is 28.4 Å². The lowest BCUT2D eigenvalue weighted by Crippen LogP contribution is -3.12. The van der Waals surface area contributed by atoms with Crippen LogP contribution in [0.2, 0.25) is 0 Å². The number of anilines is 1. The highest BCUT2D eigenvalue weighted by atomic mass is 19.1. The Bertz CT molecular complexity index is 864. The third kappa shape index (κ3) is 5.85. The summed E-state index contributed by atoms with van der Waals surface area (Å²) in [5, 5.41) is 2.55. The van der Waals surface area contributed by atoms with Crippen molar-refractivity contribution in [2.45, 2.75) is 26.5 Å². The van der Waals surface area contributed by atoms with Crippen molar-refractivity contribution in [3.05, 3.63) is 65.0 Å². The second-order valence-corrected chi connectivity index (χ2v) is 7.24. The lowest BCUT2D eigenvalue weighted by molar-refractivity contribution is -0.921. The van der Waals surface area contributed by atoms with Crippen molar-refractivity contribution >= 4 is 17.6 Å². The van der Waals surface area contributed by atoms with E-state index in [1.54, 1.807) is 31.2 Å². The molecule has 1 heterocycles. The summed E-state index contributed by atoms with van der Waals surface area (Å²) in [6.07, 6.45) is -1.01. The monoisotopic (exact) mass is 401 g/mol. The van der Waals surface area contributed by atoms with Gasteiger partial charge in [-0.1, -0.05) is 18.2 Å². The number of morpholine rings is 1. The number of hydrogen-bond donors (Lipinski definition) is 2. The Morgan fingerprint density at radius 1 is 1.17 bits per heavy atom. The first-order chi connectivity index (χ1) is 13.9. The molecule has 0 saturated carbocycles. The first-order valence-corrected chi connectivity index (χ1v) is 9.70. The molecule has 29 heavy (non-hydrogen) atoms. The fraction of sp³-hybridized carbons (Fsp3) is 0.364. The molecule has 1 aliphatic heterocycles. The summed E-state index contributed by atoms with van der Waals surface area (Å²) in [5.74, 6) is -1.51. The third-order valence-corrected chi connectivity index (χ3v) is 4.94. The van der Waals surface area contributed by atoms with Crippen molar-refractivity contribution in [1.29, 1.82) is 0 Å². The average Bonchev–Trinajstić information content (AvgIpc) is 2.72. The fourth-order valence-corrected chi connectivity index (χ4v) is 3.08. The maximum atomic E-state index is 13.6. The molecule has 6 nitrogen and oxygen atoms in total. The van der Waals surface area contributed by atoms with Crippen molar-refractivity contribution in [2.24, 2.45) is 0 Å². The third-order valence-electron chi connectivity index (χ3n) is 4.94. The fourth-order valence-electron chi connectivity index (χ4n) is 3.08. The van der Waals surface area contributed by atoms with Crippen molar-refractivity contribution in [2.75, 3.05) is 31.6 Å². The second-order valence-electron chi connectivity index (χ2n) is 7.24. The van der Waals surface area contributed by atoms with E-state index in [9.17, 15) is 14.0 Å². The van der Waals surface area contributed by atoms with E-state index in [-0.39, 0.29) is 0 Å². The number of amides is 1. The molecule has 1 fully saturated rings. The first kappa shape index (κ1) is 21.0. The molecule has 0 aliphatic carbocycles. The molecule has 0 radical (unpaired) electrons. The largest absolute Gasteiger partial charge is 0.449 e. The van der Waals surface area contributed by atoms with Crippen LogP contribution < -0.4 is 10.2 Å². The topological polar surface area (TPSA) is 69.1 Å². The Morgan fingerprint density at radius 3 is 2.52 bits per heavy atom. The van der Waals surface area contributed by atoms with Crippen LogP contribution in [-0.2, 0) is 20.8 Å². The van der Waals surface area contributed by atoms with Gasteiger partial charge in [0.1, 0.15) is 25.5 Å². The van der Waals surface area contributed by atoms with Gasteiger partial charge in [-0.25, -0.2) is 9.18 Å². The van der Waals surface area contributed by atoms with Gasteiger partial charge in [-0.15, -0.1) is 0 Å². The maximum Gasteiger partial charge on any atom is 0.338 e. The van der Waals surface area contributed by atoms with E-state index in [4.69, 9.17) is 9.47 Å². The molecular formula is C22H26FN2O4+. The van der Waals surface area contributed by atoms with E-state index in [1.165, 1.54) is 17.9 Å². The van der Waals surface area contributed by atoms with Crippen molar-refractivity contribution in [3.8, 4) is 0 Å². The smallest absolute Gasteiger partial charge is 0.338 e. The van der Waals surface area contributed by atoms with Crippen molar-refractivity contribution < 1.29 is 28.4 Å². The number of ether oxygens (including phenoxy) is 2. The number of rotatable bonds is 6. The molecule has 1 saturated heterocycles. The first-order valence-electron chi connectivity index (χ1n) is 9.70. The average molecular weight is 401 g/mol. The van der Waals surface area contributed by atoms with Crippen molar-refractivity contribution in [3.63, 3.8) is 0 Å². The normalized spacial score (nSPS) is 15.6. The molecule has 0 bridgehead atoms. The number of hydrogen-bond acceptors (Lipinski definition) is 4. The quantitative estimate of drug-likeness (QED) is 0.724. The minimum absolute atomic E-state index is 0.316. The van der Waals surface area contributed by atoms with Crippen LogP contribution in [-0.4, -0.2) is 44.3 Å². The number of halogens is 1. The summed E-state index contributed by atoms with van der Waals surface area (Å²) in [5.41, 5.74) is 2.31. The van der Waals surface area contributed by atoms with Crippen LogP contribution in [0.25, 0.3) is 0 Å². The van der Waals surface area contributed by atoms with Crippen LogP contribution in [0.3, 0.4) is 0 Å². The summed E-state index contributed by atoms with van der Waals surface area (Å²) >= 11 is 0. The summed E-state index contributed by atoms with van der Waals surface area (Å²) in [6, 6.07) is 11.6. The van der Waals surface area contributed by atoms with Gasteiger partial charge in [0.05, 0.1) is 18.8 Å². The van der Waals surface area contributed by atoms with E-state index < -0.39 is 23.8 Å². The standard InChI is InChI=1S/C22H25FN2O4/c1-15-3-8-19(13-20(15)23)24-21(26)16(2)29-22(27)18-6-4-17(5-7-18)14-25-9-11-28-12-10-25/h3-8,13,16H,9-12,14H2,1-2H3,(H,24,26)/p+1/t16-/m0/s1. The number of esters is 1. The summed E-state index contributed by atoms with van der Waals surface area (Å²) < 4.78 is 24.2. The molecule has 0 aromatic heterocycles. The highest BCUT2D eigenvalue weighted by molar-refractivity contribution is 5.97. The molecular weight excluding hydrogens is 375 g/mol. The maximum absolute atomic E-state index is 13.6. The Labute approximate surface area is 169 Å². The second kappa shape index (κ2) is 9.62. The molecule has 154 valence electrons. The molecule has 1 aliphatic rings. The lowest BCUT2D eigenvalue weighted by atomic mass is 10.1. The number of carbonyl (C=O) groups excluding carboxylic acids is 2. The van der Waals surface area contributed by atoms with Gasteiger partial charge < -0.3 is 19.7 Å². The zero-order valence-corrected chi connectivity index (χ0v) is 16.7. The van der Waals surface area contributed by atoms with E-state index in [0.29, 0.717) is 16.8 Å². The minimum atomic E-state index is -1.01. The lowest BCUT2D eigenvalue weighted by Gasteiger charge is -2.23. The SMILES string of the molecule is Cc1ccc(NC(=O)[C@H](C)OC(=O)c2ccc(C[NH+]3CCOCC3)cc2)cc1F. The Balaban J connectivity index is 1.52. The predicted octanol–water partition coefficient (Wildman–Crippen LogP) is 1.73. The van der Waals surface area contributed by atoms with Crippen molar-refractivity contribution in [1.82, 2.24) is 0 Å². The van der Waals surface area contributed by atoms with Crippen LogP contribution in [0.4, 0.5) is 10.1 Å². The molecule has 3 rings (SSSR count). The van der Waals surface area contributed by atoms with Gasteiger partial charge in [0.25, 0.3) is 5.91 Å². The predicted molar refractivity (Wildman–Crippen MR) is 106 cm³/mol. The van der Waals surface area contributed by atoms with Crippen LogP contribution >= 0.6 is 0 Å². The molecule has 2 N–H and O–H groups in total. The van der Waals surface area contributed by atoms with Gasteiger partial charge in [-0.2, -0.15) is 0 Å². The van der Waals surface area contributed by atoms with Crippen LogP contribution in [0.5, 0.6) is 0 Å². The highest BCUT2D eigenvalue weighted by Crippen LogP contribution is 2.14. The highest BCUT2D eigenvalue weighted by Gasteiger charge is 2.20. The van der Waals surface area contributed by atoms with Gasteiger partial charge in [0.2, 0.25) is 0 Å². The molecule has 2 aromatic rings. The van der Waals surface area contributed by atoms with E-state index in [1.807, 2.05) is 12.1 Å². The van der Waals surface area contributed by atoms with Gasteiger partial charge in [-0.3, -0.25) is 4.79 Å². The zero-order valence-electron chi connectivity index (χ0n) is 16.7. The Morgan fingerprint density at radius 2 is 1.86 bits per heavy atom. The summed E-state index contributed by atoms with van der Waals surface area (Å²) in [7, 11) is 0. The molecule has 1 amide bonds. The number of aryl methyl sites for hydroxylation is 1. The van der Waals surface area contributed by atoms with Gasteiger partial charge in [0, 0.05) is 11.3 Å². The Hall–Kier alpha value is -2.77.